The molecule has 0 aliphatic carbocycles. The summed E-state index contributed by atoms with van der Waals surface area (Å²) in [5, 5.41) is 0. The van der Waals surface area contributed by atoms with E-state index in [0.29, 0.717) is 0 Å². The van der Waals surface area contributed by atoms with Gasteiger partial charge in [-0.1, -0.05) is 44.2 Å². The Bertz CT molecular complexity index is 458. The quantitative estimate of drug-likeness (QED) is 0.778. The highest BCUT2D eigenvalue weighted by Crippen LogP contribution is 2.07. The lowest BCUT2D eigenvalue weighted by atomic mass is 10.2. The molecule has 0 fully saturated rings. The number of imidazole rings is 1. The standard InChI is InChI=1S/C15H21N3/c1-3-17(4-2)13-15-16-10-11-18(15)12-14-8-6-5-7-9-14/h5-11H,3-4,12-13H2,1-2H3. The maximum atomic E-state index is 4.47. The van der Waals surface area contributed by atoms with E-state index in [1.54, 1.807) is 0 Å². The minimum atomic E-state index is 0.900. The molecule has 0 atom stereocenters. The van der Waals surface area contributed by atoms with Gasteiger partial charge in [0.1, 0.15) is 5.82 Å². The van der Waals surface area contributed by atoms with Gasteiger partial charge >= 0.3 is 0 Å². The van der Waals surface area contributed by atoms with Crippen LogP contribution in [0.3, 0.4) is 0 Å². The van der Waals surface area contributed by atoms with Crippen molar-refractivity contribution in [2.75, 3.05) is 13.1 Å². The second-order valence-electron chi connectivity index (χ2n) is 4.42. The number of aromatic nitrogens is 2. The first-order valence-electron chi connectivity index (χ1n) is 6.59. The largest absolute Gasteiger partial charge is 0.329 e. The van der Waals surface area contributed by atoms with Crippen molar-refractivity contribution in [1.29, 1.82) is 0 Å². The van der Waals surface area contributed by atoms with E-state index in [4.69, 9.17) is 0 Å². The molecule has 1 heterocycles. The molecule has 0 aliphatic rings. The molecule has 18 heavy (non-hydrogen) atoms. The van der Waals surface area contributed by atoms with E-state index in [0.717, 1.165) is 32.0 Å². The molecule has 0 amide bonds. The number of benzene rings is 1. The van der Waals surface area contributed by atoms with E-state index in [1.165, 1.54) is 5.56 Å². The summed E-state index contributed by atoms with van der Waals surface area (Å²) >= 11 is 0. The van der Waals surface area contributed by atoms with Gasteiger partial charge in [0.2, 0.25) is 0 Å². The Hall–Kier alpha value is -1.61. The Morgan fingerprint density at radius 3 is 2.50 bits per heavy atom. The van der Waals surface area contributed by atoms with Crippen molar-refractivity contribution in [1.82, 2.24) is 14.5 Å². The lowest BCUT2D eigenvalue weighted by Gasteiger charge is -2.18. The number of hydrogen-bond acceptors (Lipinski definition) is 2. The summed E-state index contributed by atoms with van der Waals surface area (Å²) in [6.45, 7) is 8.33. The Kier molecular flexibility index (Phi) is 4.53. The molecule has 0 N–H and O–H groups in total. The molecule has 96 valence electrons. The molecule has 0 aliphatic heterocycles. The van der Waals surface area contributed by atoms with E-state index in [1.807, 2.05) is 12.3 Å². The summed E-state index contributed by atoms with van der Waals surface area (Å²) in [5.41, 5.74) is 1.32. The van der Waals surface area contributed by atoms with Crippen LogP contribution in [0.25, 0.3) is 0 Å². The lowest BCUT2D eigenvalue weighted by Crippen LogP contribution is -2.24. The smallest absolute Gasteiger partial charge is 0.123 e. The van der Waals surface area contributed by atoms with Crippen LogP contribution in [0.1, 0.15) is 25.2 Å². The van der Waals surface area contributed by atoms with E-state index >= 15 is 0 Å². The van der Waals surface area contributed by atoms with Crippen molar-refractivity contribution in [2.24, 2.45) is 0 Å². The Morgan fingerprint density at radius 2 is 1.83 bits per heavy atom. The minimum absolute atomic E-state index is 0.900. The highest BCUT2D eigenvalue weighted by molar-refractivity contribution is 5.15. The highest BCUT2D eigenvalue weighted by Gasteiger charge is 2.07. The summed E-state index contributed by atoms with van der Waals surface area (Å²) in [5.74, 6) is 1.14. The van der Waals surface area contributed by atoms with Gasteiger partial charge in [0.15, 0.2) is 0 Å². The Morgan fingerprint density at radius 1 is 1.11 bits per heavy atom. The third-order valence-electron chi connectivity index (χ3n) is 3.26. The summed E-state index contributed by atoms with van der Waals surface area (Å²) in [4.78, 5) is 6.85. The van der Waals surface area contributed by atoms with Crippen molar-refractivity contribution in [3.05, 3.63) is 54.1 Å². The van der Waals surface area contributed by atoms with Gasteiger partial charge in [0.25, 0.3) is 0 Å². The van der Waals surface area contributed by atoms with Gasteiger partial charge < -0.3 is 4.57 Å². The predicted molar refractivity (Wildman–Crippen MR) is 74.4 cm³/mol. The van der Waals surface area contributed by atoms with Gasteiger partial charge in [-0.3, -0.25) is 4.90 Å². The molecule has 3 heteroatoms. The first kappa shape index (κ1) is 12.8. The molecule has 0 radical (unpaired) electrons. The molecule has 2 rings (SSSR count). The second kappa shape index (κ2) is 6.36. The van der Waals surface area contributed by atoms with E-state index in [2.05, 4.69) is 58.8 Å². The van der Waals surface area contributed by atoms with Gasteiger partial charge in [-0.05, 0) is 18.7 Å². The minimum Gasteiger partial charge on any atom is -0.329 e. The molecule has 1 aromatic heterocycles. The van der Waals surface area contributed by atoms with Crippen LogP contribution in [0.4, 0.5) is 0 Å². The molecule has 2 aromatic rings. The fraction of sp³-hybridized carbons (Fsp3) is 0.400. The Labute approximate surface area is 109 Å². The zero-order chi connectivity index (χ0) is 12.8. The van der Waals surface area contributed by atoms with E-state index in [-0.39, 0.29) is 0 Å². The number of nitrogens with zero attached hydrogens (tertiary/aromatic N) is 3. The van der Waals surface area contributed by atoms with Crippen LogP contribution in [0.5, 0.6) is 0 Å². The molecular weight excluding hydrogens is 222 g/mol. The average molecular weight is 243 g/mol. The number of hydrogen-bond donors (Lipinski definition) is 0. The molecular formula is C15H21N3. The van der Waals surface area contributed by atoms with Crippen molar-refractivity contribution >= 4 is 0 Å². The fourth-order valence-corrected chi connectivity index (χ4v) is 2.06. The molecule has 0 spiro atoms. The first-order chi connectivity index (χ1) is 8.83. The SMILES string of the molecule is CCN(CC)Cc1nccn1Cc1ccccc1. The Balaban J connectivity index is 2.08. The van der Waals surface area contributed by atoms with Crippen LogP contribution >= 0.6 is 0 Å². The van der Waals surface area contributed by atoms with Gasteiger partial charge in [-0.15, -0.1) is 0 Å². The van der Waals surface area contributed by atoms with Crippen molar-refractivity contribution in [2.45, 2.75) is 26.9 Å². The van der Waals surface area contributed by atoms with Gasteiger partial charge in [-0.2, -0.15) is 0 Å². The van der Waals surface area contributed by atoms with Crippen molar-refractivity contribution in [3.8, 4) is 0 Å². The summed E-state index contributed by atoms with van der Waals surface area (Å²) < 4.78 is 2.23. The van der Waals surface area contributed by atoms with Crippen LogP contribution in [0.15, 0.2) is 42.7 Å². The predicted octanol–water partition coefficient (Wildman–Crippen LogP) is 2.77. The molecule has 3 nitrogen and oxygen atoms in total. The third-order valence-corrected chi connectivity index (χ3v) is 3.26. The van der Waals surface area contributed by atoms with Crippen LogP contribution in [0.2, 0.25) is 0 Å². The lowest BCUT2D eigenvalue weighted by molar-refractivity contribution is 0.284. The average Bonchev–Trinajstić information content (AvgIpc) is 2.84. The van der Waals surface area contributed by atoms with Crippen molar-refractivity contribution in [3.63, 3.8) is 0 Å². The monoisotopic (exact) mass is 243 g/mol. The molecule has 0 unspecified atom stereocenters. The van der Waals surface area contributed by atoms with Crippen LogP contribution in [-0.4, -0.2) is 27.5 Å². The summed E-state index contributed by atoms with van der Waals surface area (Å²) in [6, 6.07) is 10.5. The van der Waals surface area contributed by atoms with Gasteiger partial charge in [-0.25, -0.2) is 4.98 Å². The van der Waals surface area contributed by atoms with E-state index in [9.17, 15) is 0 Å². The highest BCUT2D eigenvalue weighted by atomic mass is 15.2. The molecule has 0 bridgehead atoms. The van der Waals surface area contributed by atoms with Gasteiger partial charge in [0, 0.05) is 18.9 Å². The zero-order valence-electron chi connectivity index (χ0n) is 11.2. The van der Waals surface area contributed by atoms with Crippen LogP contribution in [-0.2, 0) is 13.1 Å². The first-order valence-corrected chi connectivity index (χ1v) is 6.59. The second-order valence-corrected chi connectivity index (χ2v) is 4.42. The molecule has 0 saturated heterocycles. The summed E-state index contributed by atoms with van der Waals surface area (Å²) in [7, 11) is 0. The zero-order valence-corrected chi connectivity index (χ0v) is 11.2. The maximum Gasteiger partial charge on any atom is 0.123 e. The van der Waals surface area contributed by atoms with Crippen LogP contribution < -0.4 is 0 Å². The fourth-order valence-electron chi connectivity index (χ4n) is 2.06. The maximum absolute atomic E-state index is 4.47. The normalized spacial score (nSPS) is 11.1. The molecule has 1 aromatic carbocycles. The van der Waals surface area contributed by atoms with E-state index < -0.39 is 0 Å². The number of rotatable bonds is 6. The van der Waals surface area contributed by atoms with Gasteiger partial charge in [0.05, 0.1) is 6.54 Å². The third kappa shape index (κ3) is 3.20. The van der Waals surface area contributed by atoms with Crippen molar-refractivity contribution < 1.29 is 0 Å². The molecule has 0 saturated carbocycles. The topological polar surface area (TPSA) is 21.1 Å². The summed E-state index contributed by atoms with van der Waals surface area (Å²) in [6.07, 6.45) is 3.95. The van der Waals surface area contributed by atoms with Crippen LogP contribution in [0, 0.1) is 0 Å².